The lowest BCUT2D eigenvalue weighted by Gasteiger charge is -1.97. The quantitative estimate of drug-likeness (QED) is 0.547. The maximum absolute atomic E-state index is 10.7. The van der Waals surface area contributed by atoms with Gasteiger partial charge in [0.15, 0.2) is 0 Å². The van der Waals surface area contributed by atoms with E-state index in [0.29, 0.717) is 13.0 Å². The highest BCUT2D eigenvalue weighted by Gasteiger charge is 1.94. The van der Waals surface area contributed by atoms with Gasteiger partial charge < -0.3 is 5.32 Å². The zero-order valence-electron chi connectivity index (χ0n) is 6.06. The molecular formula is C7H12BrNO. The van der Waals surface area contributed by atoms with E-state index in [1.165, 1.54) is 0 Å². The first kappa shape index (κ1) is 9.69. The Morgan fingerprint density at radius 3 is 2.90 bits per heavy atom. The summed E-state index contributed by atoms with van der Waals surface area (Å²) < 4.78 is 0. The highest BCUT2D eigenvalue weighted by atomic mass is 79.9. The monoisotopic (exact) mass is 205 g/mol. The maximum atomic E-state index is 10.7. The lowest BCUT2D eigenvalue weighted by atomic mass is 10.4. The van der Waals surface area contributed by atoms with Crippen LogP contribution in [0.15, 0.2) is 12.2 Å². The van der Waals surface area contributed by atoms with E-state index in [9.17, 15) is 4.79 Å². The Labute approximate surface area is 69.8 Å². The summed E-state index contributed by atoms with van der Waals surface area (Å²) in [5.74, 6) is 0.0926. The van der Waals surface area contributed by atoms with Crippen LogP contribution in [0.3, 0.4) is 0 Å². The Morgan fingerprint density at radius 2 is 2.40 bits per heavy atom. The molecule has 0 aliphatic carbocycles. The summed E-state index contributed by atoms with van der Waals surface area (Å²) in [7, 11) is 0. The molecule has 0 aromatic heterocycles. The third-order valence-electron chi connectivity index (χ3n) is 0.974. The minimum absolute atomic E-state index is 0.0926. The highest BCUT2D eigenvalue weighted by molar-refractivity contribution is 9.09. The molecule has 0 fully saturated rings. The molecule has 1 N–H and O–H groups in total. The van der Waals surface area contributed by atoms with Gasteiger partial charge in [-0.15, -0.1) is 0 Å². The Bertz CT molecular complexity index is 123. The van der Waals surface area contributed by atoms with Crippen molar-refractivity contribution in [3.8, 4) is 0 Å². The molecule has 58 valence electrons. The average molecular weight is 206 g/mol. The molecule has 3 heteroatoms. The molecule has 10 heavy (non-hydrogen) atoms. The standard InChI is InChI=1S/C7H12BrNO/c1-2-3-6-9-7(10)4-5-8/h2-3H,4-6H2,1H3,(H,9,10)/b3-2+. The van der Waals surface area contributed by atoms with Gasteiger partial charge in [0, 0.05) is 18.3 Å². The van der Waals surface area contributed by atoms with Crippen LogP contribution in [0, 0.1) is 0 Å². The number of carbonyl (C=O) groups is 1. The number of allylic oxidation sites excluding steroid dienone is 1. The van der Waals surface area contributed by atoms with Crippen LogP contribution in [-0.2, 0) is 4.79 Å². The summed E-state index contributed by atoms with van der Waals surface area (Å²) in [6.45, 7) is 2.57. The van der Waals surface area contributed by atoms with E-state index in [-0.39, 0.29) is 5.91 Å². The topological polar surface area (TPSA) is 29.1 Å². The van der Waals surface area contributed by atoms with Crippen molar-refractivity contribution in [2.45, 2.75) is 13.3 Å². The molecule has 1 amide bonds. The van der Waals surface area contributed by atoms with E-state index in [1.54, 1.807) is 0 Å². The molecule has 0 aromatic carbocycles. The molecule has 2 nitrogen and oxygen atoms in total. The highest BCUT2D eigenvalue weighted by Crippen LogP contribution is 1.86. The van der Waals surface area contributed by atoms with Gasteiger partial charge >= 0.3 is 0 Å². The first-order valence-electron chi connectivity index (χ1n) is 3.25. The molecule has 0 spiro atoms. The van der Waals surface area contributed by atoms with Crippen LogP contribution in [0.1, 0.15) is 13.3 Å². The fraction of sp³-hybridized carbons (Fsp3) is 0.571. The summed E-state index contributed by atoms with van der Waals surface area (Å²) in [4.78, 5) is 10.7. The zero-order valence-corrected chi connectivity index (χ0v) is 7.65. The minimum Gasteiger partial charge on any atom is -0.353 e. The van der Waals surface area contributed by atoms with Crippen LogP contribution in [0.4, 0.5) is 0 Å². The fourth-order valence-corrected chi connectivity index (χ4v) is 0.825. The van der Waals surface area contributed by atoms with Crippen molar-refractivity contribution in [3.05, 3.63) is 12.2 Å². The Kier molecular flexibility index (Phi) is 6.59. The van der Waals surface area contributed by atoms with Crippen molar-refractivity contribution in [2.75, 3.05) is 11.9 Å². The van der Waals surface area contributed by atoms with Gasteiger partial charge in [0.05, 0.1) is 0 Å². The van der Waals surface area contributed by atoms with Crippen molar-refractivity contribution < 1.29 is 4.79 Å². The predicted molar refractivity (Wildman–Crippen MR) is 46.2 cm³/mol. The van der Waals surface area contributed by atoms with Gasteiger partial charge in [-0.3, -0.25) is 4.79 Å². The van der Waals surface area contributed by atoms with E-state index in [0.717, 1.165) is 5.33 Å². The molecule has 0 saturated heterocycles. The van der Waals surface area contributed by atoms with E-state index < -0.39 is 0 Å². The smallest absolute Gasteiger partial charge is 0.221 e. The van der Waals surface area contributed by atoms with Gasteiger partial charge in [0.1, 0.15) is 0 Å². The SMILES string of the molecule is C/C=C/CNC(=O)CCBr. The average Bonchev–Trinajstić information content (AvgIpc) is 1.89. The second-order valence-electron chi connectivity index (χ2n) is 1.81. The number of nitrogens with one attached hydrogen (secondary N) is 1. The number of hydrogen-bond acceptors (Lipinski definition) is 1. The molecule has 0 atom stereocenters. The lowest BCUT2D eigenvalue weighted by Crippen LogP contribution is -2.23. The summed E-state index contributed by atoms with van der Waals surface area (Å²) in [6.07, 6.45) is 4.37. The summed E-state index contributed by atoms with van der Waals surface area (Å²) in [6, 6.07) is 0. The van der Waals surface area contributed by atoms with Gasteiger partial charge in [-0.2, -0.15) is 0 Å². The van der Waals surface area contributed by atoms with Gasteiger partial charge in [-0.05, 0) is 6.92 Å². The van der Waals surface area contributed by atoms with Gasteiger partial charge in [-0.1, -0.05) is 28.1 Å². The molecule has 0 aliphatic rings. The first-order chi connectivity index (χ1) is 4.81. The van der Waals surface area contributed by atoms with Crippen molar-refractivity contribution in [1.29, 1.82) is 0 Å². The number of amides is 1. The van der Waals surface area contributed by atoms with E-state index in [2.05, 4.69) is 21.2 Å². The van der Waals surface area contributed by atoms with Crippen molar-refractivity contribution in [3.63, 3.8) is 0 Å². The second-order valence-corrected chi connectivity index (χ2v) is 2.61. The number of carbonyl (C=O) groups excluding carboxylic acids is 1. The second kappa shape index (κ2) is 6.81. The molecule has 0 unspecified atom stereocenters. The van der Waals surface area contributed by atoms with Crippen LogP contribution < -0.4 is 5.32 Å². The summed E-state index contributed by atoms with van der Waals surface area (Å²) in [5, 5.41) is 3.46. The Balaban J connectivity index is 3.21. The molecule has 0 bridgehead atoms. The van der Waals surface area contributed by atoms with Gasteiger partial charge in [-0.25, -0.2) is 0 Å². The molecule has 0 aromatic rings. The van der Waals surface area contributed by atoms with Gasteiger partial charge in [0.2, 0.25) is 5.91 Å². The third-order valence-corrected chi connectivity index (χ3v) is 1.37. The molecule has 0 heterocycles. The van der Waals surface area contributed by atoms with Crippen LogP contribution in [0.5, 0.6) is 0 Å². The van der Waals surface area contributed by atoms with Crippen LogP contribution in [0.25, 0.3) is 0 Å². The maximum Gasteiger partial charge on any atom is 0.221 e. The van der Waals surface area contributed by atoms with E-state index >= 15 is 0 Å². The Hall–Kier alpha value is -0.310. The molecule has 0 aliphatic heterocycles. The van der Waals surface area contributed by atoms with Crippen molar-refractivity contribution >= 4 is 21.8 Å². The van der Waals surface area contributed by atoms with Crippen LogP contribution in [-0.4, -0.2) is 17.8 Å². The number of halogens is 1. The molecule has 0 radical (unpaired) electrons. The largest absolute Gasteiger partial charge is 0.353 e. The zero-order chi connectivity index (χ0) is 7.82. The van der Waals surface area contributed by atoms with E-state index in [1.807, 2.05) is 19.1 Å². The van der Waals surface area contributed by atoms with Crippen LogP contribution in [0.2, 0.25) is 0 Å². The van der Waals surface area contributed by atoms with Crippen molar-refractivity contribution in [1.82, 2.24) is 5.32 Å². The number of rotatable bonds is 4. The predicted octanol–water partition coefficient (Wildman–Crippen LogP) is 1.46. The fourth-order valence-electron chi connectivity index (χ4n) is 0.465. The third kappa shape index (κ3) is 5.82. The summed E-state index contributed by atoms with van der Waals surface area (Å²) >= 11 is 3.18. The molecule has 0 rings (SSSR count). The van der Waals surface area contributed by atoms with E-state index in [4.69, 9.17) is 0 Å². The number of hydrogen-bond donors (Lipinski definition) is 1. The first-order valence-corrected chi connectivity index (χ1v) is 4.37. The minimum atomic E-state index is 0.0926. The summed E-state index contributed by atoms with van der Waals surface area (Å²) in [5.41, 5.74) is 0. The molecule has 0 saturated carbocycles. The lowest BCUT2D eigenvalue weighted by molar-refractivity contribution is -0.120. The number of alkyl halides is 1. The molecular weight excluding hydrogens is 194 g/mol. The van der Waals surface area contributed by atoms with Crippen LogP contribution >= 0.6 is 15.9 Å². The van der Waals surface area contributed by atoms with Gasteiger partial charge in [0.25, 0.3) is 0 Å². The van der Waals surface area contributed by atoms with Crippen molar-refractivity contribution in [2.24, 2.45) is 0 Å². The normalized spacial score (nSPS) is 10.2. The Morgan fingerprint density at radius 1 is 1.70 bits per heavy atom.